The van der Waals surface area contributed by atoms with Crippen LogP contribution in [0.25, 0.3) is 0 Å². The van der Waals surface area contributed by atoms with E-state index in [1.165, 1.54) is 13.8 Å². The number of fused-ring (bicyclic) bond motifs is 1. The molecule has 3 rings (SSSR count). The fraction of sp³-hybridized carbons (Fsp3) is 0.350. The van der Waals surface area contributed by atoms with Crippen molar-refractivity contribution in [3.05, 3.63) is 64.7 Å². The van der Waals surface area contributed by atoms with E-state index in [1.807, 2.05) is 37.3 Å². The van der Waals surface area contributed by atoms with Crippen molar-refractivity contribution in [1.29, 1.82) is 0 Å². The van der Waals surface area contributed by atoms with E-state index >= 15 is 0 Å². The van der Waals surface area contributed by atoms with Gasteiger partial charge in [0.1, 0.15) is 5.75 Å². The summed E-state index contributed by atoms with van der Waals surface area (Å²) in [7, 11) is 0. The summed E-state index contributed by atoms with van der Waals surface area (Å²) >= 11 is 0. The van der Waals surface area contributed by atoms with Crippen LogP contribution in [0.1, 0.15) is 42.1 Å². The molecular formula is C20H22FNO2. The van der Waals surface area contributed by atoms with Crippen LogP contribution in [0, 0.1) is 6.92 Å². The zero-order valence-electron chi connectivity index (χ0n) is 14.2. The molecule has 0 saturated heterocycles. The van der Waals surface area contributed by atoms with E-state index in [0.717, 1.165) is 22.3 Å². The predicted octanol–water partition coefficient (Wildman–Crippen LogP) is 3.92. The fourth-order valence-corrected chi connectivity index (χ4v) is 3.28. The summed E-state index contributed by atoms with van der Waals surface area (Å²) in [6.07, 6.45) is 0.605. The average molecular weight is 327 g/mol. The SMILES string of the molecule is Cc1ccc(C2c3ccc(O)cc3CCN2C(=O)C(C)(C)F)cc1. The summed E-state index contributed by atoms with van der Waals surface area (Å²) in [5.74, 6) is -0.297. The van der Waals surface area contributed by atoms with E-state index in [1.54, 1.807) is 17.0 Å². The van der Waals surface area contributed by atoms with E-state index in [4.69, 9.17) is 0 Å². The first kappa shape index (κ1) is 16.5. The Morgan fingerprint density at radius 2 is 1.88 bits per heavy atom. The van der Waals surface area contributed by atoms with Crippen molar-refractivity contribution in [1.82, 2.24) is 4.90 Å². The molecule has 2 aromatic carbocycles. The van der Waals surface area contributed by atoms with Crippen molar-refractivity contribution in [2.75, 3.05) is 6.54 Å². The van der Waals surface area contributed by atoms with Crippen LogP contribution in [0.5, 0.6) is 5.75 Å². The third-order valence-corrected chi connectivity index (χ3v) is 4.52. The Kier molecular flexibility index (Phi) is 4.08. The molecule has 2 aromatic rings. The van der Waals surface area contributed by atoms with Gasteiger partial charge in [-0.2, -0.15) is 0 Å². The van der Waals surface area contributed by atoms with E-state index in [0.29, 0.717) is 13.0 Å². The van der Waals surface area contributed by atoms with E-state index in [2.05, 4.69) is 0 Å². The molecule has 1 atom stereocenters. The number of rotatable bonds is 2. The molecule has 1 unspecified atom stereocenters. The molecule has 24 heavy (non-hydrogen) atoms. The number of amides is 1. The van der Waals surface area contributed by atoms with Crippen LogP contribution in [0.2, 0.25) is 0 Å². The standard InChI is InChI=1S/C20H22FNO2/c1-13-4-6-14(7-5-13)18-17-9-8-16(23)12-15(17)10-11-22(18)19(24)20(2,3)21/h4-9,12,18,23H,10-11H2,1-3H3. The summed E-state index contributed by atoms with van der Waals surface area (Å²) in [5, 5.41) is 9.75. The van der Waals surface area contributed by atoms with Gasteiger partial charge < -0.3 is 10.0 Å². The van der Waals surface area contributed by atoms with Crippen LogP contribution < -0.4 is 0 Å². The van der Waals surface area contributed by atoms with Gasteiger partial charge in [0.05, 0.1) is 6.04 Å². The summed E-state index contributed by atoms with van der Waals surface area (Å²) in [6.45, 7) is 5.03. The summed E-state index contributed by atoms with van der Waals surface area (Å²) < 4.78 is 14.3. The molecule has 4 heteroatoms. The minimum Gasteiger partial charge on any atom is -0.508 e. The Hall–Kier alpha value is -2.36. The van der Waals surface area contributed by atoms with Gasteiger partial charge in [0.25, 0.3) is 5.91 Å². The minimum atomic E-state index is -1.92. The number of hydrogen-bond acceptors (Lipinski definition) is 2. The molecule has 126 valence electrons. The van der Waals surface area contributed by atoms with Crippen LogP contribution >= 0.6 is 0 Å². The van der Waals surface area contributed by atoms with Crippen molar-refractivity contribution >= 4 is 5.91 Å². The van der Waals surface area contributed by atoms with Gasteiger partial charge in [-0.1, -0.05) is 35.9 Å². The predicted molar refractivity (Wildman–Crippen MR) is 91.7 cm³/mol. The highest BCUT2D eigenvalue weighted by molar-refractivity contribution is 5.85. The highest BCUT2D eigenvalue weighted by Crippen LogP contribution is 2.38. The molecular weight excluding hydrogens is 305 g/mol. The number of carbonyl (C=O) groups excluding carboxylic acids is 1. The lowest BCUT2D eigenvalue weighted by Gasteiger charge is -2.39. The molecule has 0 spiro atoms. The summed E-state index contributed by atoms with van der Waals surface area (Å²) in [5.41, 5.74) is 2.10. The molecule has 0 aromatic heterocycles. The Morgan fingerprint density at radius 1 is 1.21 bits per heavy atom. The maximum absolute atomic E-state index is 14.3. The first-order chi connectivity index (χ1) is 11.3. The van der Waals surface area contributed by atoms with Gasteiger partial charge in [0.2, 0.25) is 0 Å². The maximum atomic E-state index is 14.3. The Morgan fingerprint density at radius 3 is 2.50 bits per heavy atom. The molecule has 1 amide bonds. The van der Waals surface area contributed by atoms with Gasteiger partial charge in [-0.25, -0.2) is 4.39 Å². The molecule has 0 saturated carbocycles. The monoisotopic (exact) mass is 327 g/mol. The van der Waals surface area contributed by atoms with Crippen molar-refractivity contribution in [2.45, 2.75) is 38.9 Å². The number of aromatic hydroxyl groups is 1. The second kappa shape index (κ2) is 5.93. The topological polar surface area (TPSA) is 40.5 Å². The number of phenols is 1. The van der Waals surface area contributed by atoms with Crippen LogP contribution in [-0.2, 0) is 11.2 Å². The Bertz CT molecular complexity index is 762. The fourth-order valence-electron chi connectivity index (χ4n) is 3.28. The van der Waals surface area contributed by atoms with Crippen LogP contribution in [-0.4, -0.2) is 28.1 Å². The Labute approximate surface area is 141 Å². The van der Waals surface area contributed by atoms with E-state index in [-0.39, 0.29) is 11.8 Å². The number of alkyl halides is 1. The lowest BCUT2D eigenvalue weighted by atomic mass is 9.87. The van der Waals surface area contributed by atoms with Crippen molar-refractivity contribution < 1.29 is 14.3 Å². The summed E-state index contributed by atoms with van der Waals surface area (Å²) in [4.78, 5) is 14.3. The molecule has 1 N–H and O–H groups in total. The smallest absolute Gasteiger partial charge is 0.260 e. The van der Waals surface area contributed by atoms with E-state index < -0.39 is 11.6 Å². The number of hydrogen-bond donors (Lipinski definition) is 1. The largest absolute Gasteiger partial charge is 0.508 e. The lowest BCUT2D eigenvalue weighted by Crippen LogP contribution is -2.47. The molecule has 1 heterocycles. The highest BCUT2D eigenvalue weighted by Gasteiger charge is 2.39. The molecule has 1 aliphatic heterocycles. The zero-order chi connectivity index (χ0) is 17.5. The number of carbonyl (C=O) groups is 1. The number of benzene rings is 2. The number of aryl methyl sites for hydroxylation is 1. The van der Waals surface area contributed by atoms with Crippen LogP contribution in [0.4, 0.5) is 4.39 Å². The lowest BCUT2D eigenvalue weighted by molar-refractivity contribution is -0.144. The van der Waals surface area contributed by atoms with Crippen LogP contribution in [0.15, 0.2) is 42.5 Å². The second-order valence-electron chi connectivity index (χ2n) is 6.92. The van der Waals surface area contributed by atoms with Gasteiger partial charge in [0, 0.05) is 6.54 Å². The minimum absolute atomic E-state index is 0.210. The van der Waals surface area contributed by atoms with Crippen molar-refractivity contribution in [2.24, 2.45) is 0 Å². The molecule has 0 radical (unpaired) electrons. The normalized spacial score (nSPS) is 17.5. The van der Waals surface area contributed by atoms with Crippen molar-refractivity contribution in [3.8, 4) is 5.75 Å². The van der Waals surface area contributed by atoms with Crippen LogP contribution in [0.3, 0.4) is 0 Å². The number of halogens is 1. The number of nitrogens with zero attached hydrogens (tertiary/aromatic N) is 1. The Balaban J connectivity index is 2.12. The van der Waals surface area contributed by atoms with Gasteiger partial charge >= 0.3 is 0 Å². The second-order valence-corrected chi connectivity index (χ2v) is 6.92. The van der Waals surface area contributed by atoms with Crippen molar-refractivity contribution in [3.63, 3.8) is 0 Å². The first-order valence-corrected chi connectivity index (χ1v) is 8.16. The summed E-state index contributed by atoms with van der Waals surface area (Å²) in [6, 6.07) is 12.8. The quantitative estimate of drug-likeness (QED) is 0.908. The van der Waals surface area contributed by atoms with Gasteiger partial charge in [-0.05, 0) is 56.0 Å². The molecule has 0 fully saturated rings. The molecule has 1 aliphatic rings. The van der Waals surface area contributed by atoms with Gasteiger partial charge in [-0.15, -0.1) is 0 Å². The third kappa shape index (κ3) is 3.01. The molecule has 0 bridgehead atoms. The average Bonchev–Trinajstić information content (AvgIpc) is 2.53. The van der Waals surface area contributed by atoms with Gasteiger partial charge in [0.15, 0.2) is 5.67 Å². The maximum Gasteiger partial charge on any atom is 0.260 e. The highest BCUT2D eigenvalue weighted by atomic mass is 19.1. The van der Waals surface area contributed by atoms with Gasteiger partial charge in [-0.3, -0.25) is 4.79 Å². The molecule has 0 aliphatic carbocycles. The first-order valence-electron chi connectivity index (χ1n) is 8.16. The van der Waals surface area contributed by atoms with E-state index in [9.17, 15) is 14.3 Å². The number of phenolic OH excluding ortho intramolecular Hbond substituents is 1. The zero-order valence-corrected chi connectivity index (χ0v) is 14.2. The molecule has 3 nitrogen and oxygen atoms in total. The third-order valence-electron chi connectivity index (χ3n) is 4.52.